The van der Waals surface area contributed by atoms with Gasteiger partial charge in [-0.3, -0.25) is 0 Å². The van der Waals surface area contributed by atoms with E-state index in [2.05, 4.69) is 28.1 Å². The van der Waals surface area contributed by atoms with Crippen LogP contribution in [-0.4, -0.2) is 15.0 Å². The molecule has 34 heavy (non-hydrogen) atoms. The maximum Gasteiger partial charge on any atom is 0.164 e. The quantitative estimate of drug-likeness (QED) is 0.240. The number of para-hydroxylation sites is 1. The molecule has 0 atom stereocenters. The highest BCUT2D eigenvalue weighted by Gasteiger charge is 2.14. The molecule has 0 unspecified atom stereocenters. The number of fused-ring (bicyclic) bond motifs is 3. The van der Waals surface area contributed by atoms with E-state index in [1.54, 1.807) is 0 Å². The molecule has 2 heterocycles. The molecule has 0 spiro atoms. The van der Waals surface area contributed by atoms with Crippen LogP contribution in [0, 0.1) is 0 Å². The van der Waals surface area contributed by atoms with Crippen molar-refractivity contribution < 1.29 is 4.42 Å². The van der Waals surface area contributed by atoms with E-state index in [-0.39, 0.29) is 0 Å². The normalized spacial score (nSPS) is 10.8. The van der Waals surface area contributed by atoms with Crippen LogP contribution in [0.2, 0.25) is 0 Å². The van der Waals surface area contributed by atoms with E-state index in [0.29, 0.717) is 17.5 Å². The Morgan fingerprint density at radius 1 is 0.529 bits per heavy atom. The van der Waals surface area contributed by atoms with Crippen LogP contribution >= 0.6 is 15.9 Å². The van der Waals surface area contributed by atoms with Crippen LogP contribution in [0.25, 0.3) is 56.1 Å². The molecule has 0 aliphatic carbocycles. The first-order valence-electron chi connectivity index (χ1n) is 11.2. The molecule has 0 saturated heterocycles. The minimum Gasteiger partial charge on any atom is -0.456 e. The molecule has 0 amide bonds. The highest BCUT2D eigenvalue weighted by molar-refractivity contribution is 9.10. The lowest BCUT2D eigenvalue weighted by Gasteiger charge is -2.08. The predicted octanol–water partition coefficient (Wildman–Crippen LogP) is 8.56. The van der Waals surface area contributed by atoms with Gasteiger partial charge in [0.1, 0.15) is 11.2 Å². The number of furan rings is 1. The van der Waals surface area contributed by atoms with Gasteiger partial charge in [-0.05, 0) is 30.3 Å². The molecular formula is C29H22BrN3O. The smallest absolute Gasteiger partial charge is 0.164 e. The van der Waals surface area contributed by atoms with E-state index in [4.69, 9.17) is 19.4 Å². The second-order valence-electron chi connectivity index (χ2n) is 7.49. The zero-order valence-electron chi connectivity index (χ0n) is 18.9. The Morgan fingerprint density at radius 2 is 1.06 bits per heavy atom. The molecule has 2 aromatic heterocycles. The van der Waals surface area contributed by atoms with Crippen molar-refractivity contribution in [2.75, 3.05) is 0 Å². The molecule has 0 saturated carbocycles. The topological polar surface area (TPSA) is 51.8 Å². The lowest BCUT2D eigenvalue weighted by molar-refractivity contribution is 0.669. The van der Waals surface area contributed by atoms with Gasteiger partial charge in [0.05, 0.1) is 0 Å². The summed E-state index contributed by atoms with van der Waals surface area (Å²) in [5.74, 6) is 1.88. The lowest BCUT2D eigenvalue weighted by atomic mass is 10.1. The highest BCUT2D eigenvalue weighted by atomic mass is 79.9. The number of benzene rings is 4. The number of nitrogens with zero attached hydrogens (tertiary/aromatic N) is 3. The standard InChI is InChI=1S/C27H16BrN3O.C2H6/c28-20-13-10-18(11-14-20)26-29-25(17-6-2-1-3-7-17)30-27(31-26)19-12-15-22-21-8-4-5-9-23(21)32-24(22)16-19;1-2/h1-16H;1-2H3. The predicted molar refractivity (Wildman–Crippen MR) is 142 cm³/mol. The fourth-order valence-corrected chi connectivity index (χ4v) is 4.08. The van der Waals surface area contributed by atoms with Crippen molar-refractivity contribution in [3.05, 3.63) is 102 Å². The third kappa shape index (κ3) is 4.22. The van der Waals surface area contributed by atoms with Crippen molar-refractivity contribution >= 4 is 37.9 Å². The van der Waals surface area contributed by atoms with Crippen LogP contribution in [0.3, 0.4) is 0 Å². The Labute approximate surface area is 206 Å². The van der Waals surface area contributed by atoms with Crippen molar-refractivity contribution in [2.45, 2.75) is 13.8 Å². The summed E-state index contributed by atoms with van der Waals surface area (Å²) in [4.78, 5) is 14.4. The van der Waals surface area contributed by atoms with Gasteiger partial charge in [-0.25, -0.2) is 15.0 Å². The van der Waals surface area contributed by atoms with Crippen LogP contribution in [0.4, 0.5) is 0 Å². The fraction of sp³-hybridized carbons (Fsp3) is 0.0690. The largest absolute Gasteiger partial charge is 0.456 e. The zero-order valence-corrected chi connectivity index (χ0v) is 20.5. The van der Waals surface area contributed by atoms with Crippen LogP contribution in [-0.2, 0) is 0 Å². The second kappa shape index (κ2) is 9.57. The Balaban J connectivity index is 0.00000117. The summed E-state index contributed by atoms with van der Waals surface area (Å²) < 4.78 is 7.09. The molecule has 0 fully saturated rings. The van der Waals surface area contributed by atoms with Gasteiger partial charge in [-0.15, -0.1) is 0 Å². The molecular weight excluding hydrogens is 486 g/mol. The third-order valence-electron chi connectivity index (χ3n) is 5.41. The van der Waals surface area contributed by atoms with Gasteiger partial charge in [-0.2, -0.15) is 0 Å². The Morgan fingerprint density at radius 3 is 1.76 bits per heavy atom. The van der Waals surface area contributed by atoms with Gasteiger partial charge >= 0.3 is 0 Å². The summed E-state index contributed by atoms with van der Waals surface area (Å²) >= 11 is 3.49. The Hall–Kier alpha value is -3.83. The first-order chi connectivity index (χ1) is 16.7. The van der Waals surface area contributed by atoms with Crippen molar-refractivity contribution in [3.63, 3.8) is 0 Å². The summed E-state index contributed by atoms with van der Waals surface area (Å²) in [6.07, 6.45) is 0. The monoisotopic (exact) mass is 507 g/mol. The molecule has 6 aromatic rings. The van der Waals surface area contributed by atoms with Crippen LogP contribution in [0.5, 0.6) is 0 Å². The molecule has 4 nitrogen and oxygen atoms in total. The van der Waals surface area contributed by atoms with E-state index in [0.717, 1.165) is 43.1 Å². The molecule has 0 aliphatic rings. The van der Waals surface area contributed by atoms with E-state index >= 15 is 0 Å². The lowest BCUT2D eigenvalue weighted by Crippen LogP contribution is -2.00. The van der Waals surface area contributed by atoms with E-state index in [1.165, 1.54) is 0 Å². The van der Waals surface area contributed by atoms with Crippen LogP contribution in [0.15, 0.2) is 106 Å². The summed E-state index contributed by atoms with van der Waals surface area (Å²) in [6.45, 7) is 4.00. The number of hydrogen-bond donors (Lipinski definition) is 0. The summed E-state index contributed by atoms with van der Waals surface area (Å²) in [5.41, 5.74) is 4.44. The molecule has 0 N–H and O–H groups in total. The number of aromatic nitrogens is 3. The number of halogens is 1. The van der Waals surface area contributed by atoms with Gasteiger partial charge in [0, 0.05) is 31.9 Å². The minimum atomic E-state index is 0.610. The molecule has 0 aliphatic heterocycles. The minimum absolute atomic E-state index is 0.610. The van der Waals surface area contributed by atoms with Gasteiger partial charge in [-0.1, -0.05) is 96.5 Å². The summed E-state index contributed by atoms with van der Waals surface area (Å²) in [6, 6.07) is 32.1. The molecule has 5 heteroatoms. The first kappa shape index (κ1) is 22.0. The zero-order chi connectivity index (χ0) is 23.5. The highest BCUT2D eigenvalue weighted by Crippen LogP contribution is 2.32. The maximum atomic E-state index is 6.08. The van der Waals surface area contributed by atoms with Gasteiger partial charge in [0.25, 0.3) is 0 Å². The molecule has 0 radical (unpaired) electrons. The van der Waals surface area contributed by atoms with Crippen molar-refractivity contribution in [1.29, 1.82) is 0 Å². The average Bonchev–Trinajstić information content (AvgIpc) is 3.28. The first-order valence-corrected chi connectivity index (χ1v) is 12.0. The number of rotatable bonds is 3. The van der Waals surface area contributed by atoms with Gasteiger partial charge in [0.2, 0.25) is 0 Å². The molecule has 4 aromatic carbocycles. The summed E-state index contributed by atoms with van der Waals surface area (Å²) in [5, 5.41) is 2.18. The van der Waals surface area contributed by atoms with E-state index in [9.17, 15) is 0 Å². The number of hydrogen-bond acceptors (Lipinski definition) is 4. The van der Waals surface area contributed by atoms with E-state index in [1.807, 2.05) is 98.8 Å². The van der Waals surface area contributed by atoms with Crippen LogP contribution in [0.1, 0.15) is 13.8 Å². The summed E-state index contributed by atoms with van der Waals surface area (Å²) in [7, 11) is 0. The SMILES string of the molecule is Brc1ccc(-c2nc(-c3ccccc3)nc(-c3ccc4c(c3)oc3ccccc34)n2)cc1.CC. The fourth-order valence-electron chi connectivity index (χ4n) is 3.81. The van der Waals surface area contributed by atoms with Crippen molar-refractivity contribution in [2.24, 2.45) is 0 Å². The average molecular weight is 508 g/mol. The van der Waals surface area contributed by atoms with Crippen LogP contribution < -0.4 is 0 Å². The van der Waals surface area contributed by atoms with Gasteiger partial charge in [0.15, 0.2) is 17.5 Å². The third-order valence-corrected chi connectivity index (χ3v) is 5.94. The molecule has 6 rings (SSSR count). The van der Waals surface area contributed by atoms with Gasteiger partial charge < -0.3 is 4.42 Å². The van der Waals surface area contributed by atoms with E-state index < -0.39 is 0 Å². The van der Waals surface area contributed by atoms with Crippen molar-refractivity contribution in [1.82, 2.24) is 15.0 Å². The maximum absolute atomic E-state index is 6.08. The Bertz CT molecular complexity index is 1570. The Kier molecular flexibility index (Phi) is 6.19. The second-order valence-corrected chi connectivity index (χ2v) is 8.40. The molecule has 0 bridgehead atoms. The van der Waals surface area contributed by atoms with Crippen molar-refractivity contribution in [3.8, 4) is 34.2 Å². The molecule has 166 valence electrons.